The Balaban J connectivity index is 2.52. The molecule has 2 nitrogen and oxygen atoms in total. The van der Waals surface area contributed by atoms with Crippen LogP contribution in [0.3, 0.4) is 0 Å². The fraction of sp³-hybridized carbons (Fsp3) is 0.500. The Morgan fingerprint density at radius 2 is 1.93 bits per heavy atom. The first-order valence-corrected chi connectivity index (χ1v) is 5.22. The highest BCUT2D eigenvalue weighted by atomic mass is 16.3. The van der Waals surface area contributed by atoms with Crippen LogP contribution in [-0.2, 0) is 0 Å². The van der Waals surface area contributed by atoms with Crippen molar-refractivity contribution in [1.82, 2.24) is 5.32 Å². The first-order valence-electron chi connectivity index (χ1n) is 5.22. The molecule has 14 heavy (non-hydrogen) atoms. The van der Waals surface area contributed by atoms with Gasteiger partial charge in [0.25, 0.3) is 0 Å². The molecule has 1 aromatic rings. The van der Waals surface area contributed by atoms with Gasteiger partial charge >= 0.3 is 0 Å². The Morgan fingerprint density at radius 3 is 2.50 bits per heavy atom. The maximum atomic E-state index is 9.95. The third kappa shape index (κ3) is 3.13. The van der Waals surface area contributed by atoms with Gasteiger partial charge in [0.05, 0.1) is 6.10 Å². The molecular formula is C12H19NO. The summed E-state index contributed by atoms with van der Waals surface area (Å²) in [6.07, 6.45) is 0.675. The highest BCUT2D eigenvalue weighted by molar-refractivity contribution is 5.18. The summed E-state index contributed by atoms with van der Waals surface area (Å²) >= 11 is 0. The lowest BCUT2D eigenvalue weighted by molar-refractivity contribution is 0.136. The smallest absolute Gasteiger partial charge is 0.0940 e. The largest absolute Gasteiger partial charge is 0.387 e. The molecule has 0 unspecified atom stereocenters. The summed E-state index contributed by atoms with van der Waals surface area (Å²) in [5.41, 5.74) is 0.976. The summed E-state index contributed by atoms with van der Waals surface area (Å²) < 4.78 is 0. The van der Waals surface area contributed by atoms with E-state index >= 15 is 0 Å². The fourth-order valence-electron chi connectivity index (χ4n) is 1.42. The predicted molar refractivity (Wildman–Crippen MR) is 59.2 cm³/mol. The second-order valence-electron chi connectivity index (χ2n) is 3.60. The summed E-state index contributed by atoms with van der Waals surface area (Å²) in [5.74, 6) is 0. The lowest BCUT2D eigenvalue weighted by Crippen LogP contribution is -2.32. The lowest BCUT2D eigenvalue weighted by Gasteiger charge is -2.20. The van der Waals surface area contributed by atoms with Crippen molar-refractivity contribution in [1.29, 1.82) is 0 Å². The van der Waals surface area contributed by atoms with Crippen LogP contribution in [0.4, 0.5) is 0 Å². The molecule has 0 heterocycles. The second kappa shape index (κ2) is 5.78. The maximum absolute atomic E-state index is 9.95. The van der Waals surface area contributed by atoms with E-state index < -0.39 is 6.10 Å². The highest BCUT2D eigenvalue weighted by Gasteiger charge is 2.14. The first kappa shape index (κ1) is 11.2. The molecular weight excluding hydrogens is 174 g/mol. The van der Waals surface area contributed by atoms with E-state index in [4.69, 9.17) is 0 Å². The monoisotopic (exact) mass is 193 g/mol. The summed E-state index contributed by atoms with van der Waals surface area (Å²) in [7, 11) is 0. The van der Waals surface area contributed by atoms with E-state index in [1.807, 2.05) is 37.3 Å². The Hall–Kier alpha value is -0.860. The van der Waals surface area contributed by atoms with Gasteiger partial charge in [0.1, 0.15) is 0 Å². The van der Waals surface area contributed by atoms with E-state index in [-0.39, 0.29) is 6.04 Å². The molecule has 2 atom stereocenters. The van der Waals surface area contributed by atoms with E-state index in [0.29, 0.717) is 0 Å². The van der Waals surface area contributed by atoms with Gasteiger partial charge < -0.3 is 10.4 Å². The molecule has 0 amide bonds. The average Bonchev–Trinajstić information content (AvgIpc) is 2.26. The summed E-state index contributed by atoms with van der Waals surface area (Å²) in [6.45, 7) is 5.08. The van der Waals surface area contributed by atoms with Crippen molar-refractivity contribution < 1.29 is 5.11 Å². The van der Waals surface area contributed by atoms with E-state index in [0.717, 1.165) is 18.5 Å². The summed E-state index contributed by atoms with van der Waals surface area (Å²) in [4.78, 5) is 0. The zero-order valence-corrected chi connectivity index (χ0v) is 8.90. The van der Waals surface area contributed by atoms with Crippen LogP contribution in [0.1, 0.15) is 31.9 Å². The van der Waals surface area contributed by atoms with Crippen LogP contribution in [-0.4, -0.2) is 17.7 Å². The molecule has 0 fully saturated rings. The Kier molecular flexibility index (Phi) is 4.63. The number of rotatable bonds is 5. The molecule has 1 rings (SSSR count). The van der Waals surface area contributed by atoms with Crippen LogP contribution >= 0.6 is 0 Å². The van der Waals surface area contributed by atoms with E-state index in [1.165, 1.54) is 0 Å². The van der Waals surface area contributed by atoms with Gasteiger partial charge in [-0.15, -0.1) is 0 Å². The zero-order valence-electron chi connectivity index (χ0n) is 8.90. The Labute approximate surface area is 86.0 Å². The number of nitrogens with one attached hydrogen (secondary N) is 1. The molecule has 0 aliphatic rings. The summed E-state index contributed by atoms with van der Waals surface area (Å²) in [5, 5.41) is 13.2. The van der Waals surface area contributed by atoms with Crippen LogP contribution in [0.2, 0.25) is 0 Å². The number of aliphatic hydroxyl groups is 1. The number of hydrogen-bond donors (Lipinski definition) is 2. The molecule has 0 spiro atoms. The zero-order chi connectivity index (χ0) is 10.4. The molecule has 2 N–H and O–H groups in total. The molecule has 0 aromatic heterocycles. The second-order valence-corrected chi connectivity index (χ2v) is 3.60. The highest BCUT2D eigenvalue weighted by Crippen LogP contribution is 2.15. The van der Waals surface area contributed by atoms with Crippen molar-refractivity contribution in [2.75, 3.05) is 6.54 Å². The maximum Gasteiger partial charge on any atom is 0.0940 e. The summed E-state index contributed by atoms with van der Waals surface area (Å²) in [6, 6.07) is 9.87. The average molecular weight is 193 g/mol. The van der Waals surface area contributed by atoms with Crippen molar-refractivity contribution in [2.45, 2.75) is 32.4 Å². The normalized spacial score (nSPS) is 15.1. The van der Waals surface area contributed by atoms with Crippen molar-refractivity contribution in [3.05, 3.63) is 35.9 Å². The van der Waals surface area contributed by atoms with Gasteiger partial charge in [0.15, 0.2) is 0 Å². The quantitative estimate of drug-likeness (QED) is 0.750. The van der Waals surface area contributed by atoms with E-state index in [9.17, 15) is 5.11 Å². The standard InChI is InChI=1S/C12H19NO/c1-3-9-13-10(2)12(14)11-7-5-4-6-8-11/h4-8,10,12-14H,3,9H2,1-2H3/t10-,12-/m0/s1. The third-order valence-corrected chi connectivity index (χ3v) is 2.33. The van der Waals surface area contributed by atoms with Gasteiger partial charge in [-0.05, 0) is 25.5 Å². The number of hydrogen-bond acceptors (Lipinski definition) is 2. The lowest BCUT2D eigenvalue weighted by atomic mass is 10.0. The van der Waals surface area contributed by atoms with Crippen molar-refractivity contribution in [3.63, 3.8) is 0 Å². The van der Waals surface area contributed by atoms with Crippen LogP contribution in [0.5, 0.6) is 0 Å². The van der Waals surface area contributed by atoms with Crippen LogP contribution in [0.15, 0.2) is 30.3 Å². The number of benzene rings is 1. The van der Waals surface area contributed by atoms with Gasteiger partial charge in [-0.3, -0.25) is 0 Å². The fourth-order valence-corrected chi connectivity index (χ4v) is 1.42. The van der Waals surface area contributed by atoms with E-state index in [2.05, 4.69) is 12.2 Å². The van der Waals surface area contributed by atoms with Gasteiger partial charge in [-0.25, -0.2) is 0 Å². The molecule has 78 valence electrons. The molecule has 0 bridgehead atoms. The molecule has 2 heteroatoms. The Morgan fingerprint density at radius 1 is 1.29 bits per heavy atom. The van der Waals surface area contributed by atoms with Gasteiger partial charge in [-0.2, -0.15) is 0 Å². The molecule has 0 aliphatic heterocycles. The molecule has 0 aliphatic carbocycles. The minimum atomic E-state index is -0.414. The van der Waals surface area contributed by atoms with Gasteiger partial charge in [-0.1, -0.05) is 37.3 Å². The molecule has 0 saturated heterocycles. The molecule has 1 aromatic carbocycles. The minimum Gasteiger partial charge on any atom is -0.387 e. The van der Waals surface area contributed by atoms with Crippen molar-refractivity contribution in [3.8, 4) is 0 Å². The molecule has 0 saturated carbocycles. The van der Waals surface area contributed by atoms with Crippen LogP contribution < -0.4 is 5.32 Å². The van der Waals surface area contributed by atoms with Gasteiger partial charge in [0, 0.05) is 6.04 Å². The van der Waals surface area contributed by atoms with Crippen molar-refractivity contribution in [2.24, 2.45) is 0 Å². The molecule has 0 radical (unpaired) electrons. The topological polar surface area (TPSA) is 32.3 Å². The third-order valence-electron chi connectivity index (χ3n) is 2.33. The Bertz CT molecular complexity index is 248. The van der Waals surface area contributed by atoms with E-state index in [1.54, 1.807) is 0 Å². The minimum absolute atomic E-state index is 0.109. The first-order chi connectivity index (χ1) is 6.75. The van der Waals surface area contributed by atoms with Gasteiger partial charge in [0.2, 0.25) is 0 Å². The SMILES string of the molecule is CCCN[C@@H](C)[C@H](O)c1ccccc1. The van der Waals surface area contributed by atoms with Crippen LogP contribution in [0.25, 0.3) is 0 Å². The van der Waals surface area contributed by atoms with Crippen molar-refractivity contribution >= 4 is 0 Å². The predicted octanol–water partition coefficient (Wildman–Crippen LogP) is 2.11. The van der Waals surface area contributed by atoms with Crippen LogP contribution in [0, 0.1) is 0 Å². The number of aliphatic hydroxyl groups excluding tert-OH is 1.